The highest BCUT2D eigenvalue weighted by Crippen LogP contribution is 2.16. The van der Waals surface area contributed by atoms with Gasteiger partial charge in [-0.05, 0) is 161 Å². The number of rotatable bonds is 79. The van der Waals surface area contributed by atoms with Gasteiger partial charge in [0.15, 0.2) is 0 Å². The Bertz CT molecular complexity index is 1550. The lowest BCUT2D eigenvalue weighted by molar-refractivity contribution is -0.138. The maximum atomic E-state index is 10.3. The molecule has 0 rings (SSSR count). The first-order chi connectivity index (χ1) is 52.3. The molecule has 0 saturated heterocycles. The van der Waals surface area contributed by atoms with Crippen LogP contribution in [0.3, 0.4) is 0 Å². The molecule has 13 heteroatoms. The van der Waals surface area contributed by atoms with E-state index < -0.39 is 29.8 Å². The zero-order valence-electron chi connectivity index (χ0n) is 71.3. The van der Waals surface area contributed by atoms with Crippen LogP contribution < -0.4 is 5.32 Å². The first kappa shape index (κ1) is 114. The molecule has 0 aliphatic heterocycles. The standard InChI is InChI=1S/5C18H34O2.C4H11NO2/c5*1-2-3-4-5-6-7-8-9-10-11-12-13-14-15-16-17-18(19)20;6-3-1-5-2-4-7/h5*9-10H,2-8,11-17H2,1H3,(H,19,20);5-7H,1-4H2. The van der Waals surface area contributed by atoms with Gasteiger partial charge >= 0.3 is 29.8 Å². The summed E-state index contributed by atoms with van der Waals surface area (Å²) in [6, 6.07) is 0. The molecule has 0 aliphatic carbocycles. The van der Waals surface area contributed by atoms with Gasteiger partial charge in [0.2, 0.25) is 0 Å². The Labute approximate surface area is 662 Å². The summed E-state index contributed by atoms with van der Waals surface area (Å²) in [5, 5.41) is 61.6. The van der Waals surface area contributed by atoms with Crippen LogP contribution in [0.1, 0.15) is 484 Å². The van der Waals surface area contributed by atoms with Gasteiger partial charge in [0.1, 0.15) is 0 Å². The summed E-state index contributed by atoms with van der Waals surface area (Å²) in [5.74, 6) is -3.32. The van der Waals surface area contributed by atoms with Crippen molar-refractivity contribution in [2.75, 3.05) is 26.3 Å². The molecule has 0 aromatic rings. The van der Waals surface area contributed by atoms with Gasteiger partial charge in [-0.25, -0.2) is 0 Å². The minimum absolute atomic E-state index is 0.139. The number of unbranched alkanes of at least 4 members (excludes halogenated alkanes) is 55. The molecule has 107 heavy (non-hydrogen) atoms. The van der Waals surface area contributed by atoms with Crippen molar-refractivity contribution in [1.29, 1.82) is 0 Å². The third-order valence-electron chi connectivity index (χ3n) is 18.8. The number of carbonyl (C=O) groups is 5. The SMILES string of the molecule is CCCCCCCCC=CCCCCCCCC(=O)O.CCCCCCCCC=CCCCCCCCC(=O)O.CCCCCCCCC=CCCCCCCCC(=O)O.CCCCCCCCC=CCCCCCCCC(=O)O.CCCCCCCCC=CCCCCCCCC(=O)O.OCCNCCO. The van der Waals surface area contributed by atoms with E-state index in [0.29, 0.717) is 45.2 Å². The summed E-state index contributed by atoms with van der Waals surface area (Å²) in [6.45, 7) is 12.7. The van der Waals surface area contributed by atoms with Crippen molar-refractivity contribution in [3.8, 4) is 0 Å². The number of carboxylic acids is 5. The van der Waals surface area contributed by atoms with Crippen LogP contribution in [-0.2, 0) is 24.0 Å². The predicted octanol–water partition coefficient (Wildman–Crippen LogP) is 29.1. The van der Waals surface area contributed by atoms with Gasteiger partial charge < -0.3 is 41.1 Å². The molecular formula is C94H181NO12. The molecule has 0 radical (unpaired) electrons. The summed E-state index contributed by atoms with van der Waals surface area (Å²) in [5.41, 5.74) is 0. The first-order valence-electron chi connectivity index (χ1n) is 45.5. The number of aliphatic hydroxyl groups excluding tert-OH is 2. The van der Waals surface area contributed by atoms with Crippen molar-refractivity contribution in [1.82, 2.24) is 5.32 Å². The molecule has 0 unspecified atom stereocenters. The smallest absolute Gasteiger partial charge is 0.303 e. The maximum Gasteiger partial charge on any atom is 0.303 e. The molecule has 0 aromatic heterocycles. The number of hydrogen-bond acceptors (Lipinski definition) is 8. The summed E-state index contributed by atoms with van der Waals surface area (Å²) >= 11 is 0. The van der Waals surface area contributed by atoms with Crippen molar-refractivity contribution in [3.05, 3.63) is 60.8 Å². The molecule has 0 aliphatic rings. The number of nitrogens with one attached hydrogen (secondary N) is 1. The van der Waals surface area contributed by atoms with Crippen LogP contribution in [0.15, 0.2) is 60.8 Å². The zero-order valence-corrected chi connectivity index (χ0v) is 71.3. The fraction of sp³-hybridized carbons (Fsp3) is 0.840. The van der Waals surface area contributed by atoms with E-state index in [2.05, 4.69) is 101 Å². The number of allylic oxidation sites excluding steroid dienone is 10. The predicted molar refractivity (Wildman–Crippen MR) is 462 cm³/mol. The molecule has 0 saturated carbocycles. The van der Waals surface area contributed by atoms with Crippen LogP contribution in [0.25, 0.3) is 0 Å². The average molecular weight is 1520 g/mol. The van der Waals surface area contributed by atoms with Crippen LogP contribution in [0, 0.1) is 0 Å². The largest absolute Gasteiger partial charge is 0.481 e. The van der Waals surface area contributed by atoms with Gasteiger partial charge in [-0.1, -0.05) is 352 Å². The molecule has 0 amide bonds. The molecule has 0 heterocycles. The molecule has 0 spiro atoms. The zero-order chi connectivity index (χ0) is 80.0. The summed E-state index contributed by atoms with van der Waals surface area (Å²) < 4.78 is 0. The highest BCUT2D eigenvalue weighted by molar-refractivity contribution is 5.67. The topological polar surface area (TPSA) is 239 Å². The Morgan fingerprint density at radius 2 is 0.299 bits per heavy atom. The van der Waals surface area contributed by atoms with Crippen molar-refractivity contribution in [2.45, 2.75) is 484 Å². The van der Waals surface area contributed by atoms with E-state index in [1.165, 1.54) is 353 Å². The first-order valence-corrected chi connectivity index (χ1v) is 45.5. The fourth-order valence-electron chi connectivity index (χ4n) is 12.0. The normalized spacial score (nSPS) is 11.1. The molecule has 0 aromatic carbocycles. The van der Waals surface area contributed by atoms with Gasteiger partial charge in [-0.15, -0.1) is 0 Å². The molecule has 0 bridgehead atoms. The van der Waals surface area contributed by atoms with Crippen LogP contribution in [-0.4, -0.2) is 91.9 Å². The molecule has 634 valence electrons. The van der Waals surface area contributed by atoms with Crippen LogP contribution in [0.4, 0.5) is 0 Å². The third kappa shape index (κ3) is 141. The Morgan fingerprint density at radius 1 is 0.187 bits per heavy atom. The highest BCUT2D eigenvalue weighted by atomic mass is 16.4. The van der Waals surface area contributed by atoms with Gasteiger partial charge in [-0.2, -0.15) is 0 Å². The quantitative estimate of drug-likeness (QED) is 0.0209. The highest BCUT2D eigenvalue weighted by Gasteiger charge is 2.02. The fourth-order valence-corrected chi connectivity index (χ4v) is 12.0. The van der Waals surface area contributed by atoms with E-state index in [1.807, 2.05) is 0 Å². The summed E-state index contributed by atoms with van der Waals surface area (Å²) in [6.07, 6.45) is 106. The van der Waals surface area contributed by atoms with E-state index in [4.69, 9.17) is 35.7 Å². The van der Waals surface area contributed by atoms with Crippen molar-refractivity contribution in [2.24, 2.45) is 0 Å². The van der Waals surface area contributed by atoms with Crippen LogP contribution in [0.5, 0.6) is 0 Å². The summed E-state index contributed by atoms with van der Waals surface area (Å²) in [7, 11) is 0. The average Bonchev–Trinajstić information content (AvgIpc) is 3.86. The molecule has 8 N–H and O–H groups in total. The minimum atomic E-state index is -0.664. The van der Waals surface area contributed by atoms with Gasteiger partial charge in [0, 0.05) is 45.2 Å². The number of hydrogen-bond donors (Lipinski definition) is 8. The van der Waals surface area contributed by atoms with Crippen LogP contribution >= 0.6 is 0 Å². The van der Waals surface area contributed by atoms with E-state index in [-0.39, 0.29) is 13.2 Å². The number of aliphatic carboxylic acids is 5. The number of aliphatic hydroxyl groups is 2. The van der Waals surface area contributed by atoms with Crippen molar-refractivity contribution < 1.29 is 59.7 Å². The Kier molecular flexibility index (Phi) is 120. The number of carboxylic acid groups (broad SMARTS) is 5. The second kappa shape index (κ2) is 113. The molecule has 0 atom stereocenters. The van der Waals surface area contributed by atoms with Gasteiger partial charge in [0.05, 0.1) is 13.2 Å². The lowest BCUT2D eigenvalue weighted by Crippen LogP contribution is -2.21. The monoisotopic (exact) mass is 1520 g/mol. The van der Waals surface area contributed by atoms with E-state index in [0.717, 1.165) is 64.2 Å². The van der Waals surface area contributed by atoms with E-state index >= 15 is 0 Å². The van der Waals surface area contributed by atoms with Crippen LogP contribution in [0.2, 0.25) is 0 Å². The Morgan fingerprint density at radius 3 is 0.411 bits per heavy atom. The Balaban J connectivity index is -0.000000291. The second-order valence-corrected chi connectivity index (χ2v) is 29.8. The van der Waals surface area contributed by atoms with Gasteiger partial charge in [-0.3, -0.25) is 24.0 Å². The van der Waals surface area contributed by atoms with Crippen molar-refractivity contribution in [3.63, 3.8) is 0 Å². The maximum absolute atomic E-state index is 10.3. The lowest BCUT2D eigenvalue weighted by atomic mass is 10.1. The van der Waals surface area contributed by atoms with E-state index in [1.54, 1.807) is 0 Å². The molecular weight excluding hydrogens is 1340 g/mol. The van der Waals surface area contributed by atoms with Crippen molar-refractivity contribution >= 4 is 29.8 Å². The second-order valence-electron chi connectivity index (χ2n) is 29.8. The summed E-state index contributed by atoms with van der Waals surface area (Å²) in [4.78, 5) is 51.6. The molecule has 0 fully saturated rings. The lowest BCUT2D eigenvalue weighted by Gasteiger charge is -1.99. The van der Waals surface area contributed by atoms with E-state index in [9.17, 15) is 24.0 Å². The molecule has 13 nitrogen and oxygen atoms in total. The third-order valence-corrected chi connectivity index (χ3v) is 18.8. The Hall–Kier alpha value is -4.07. The van der Waals surface area contributed by atoms with Gasteiger partial charge in [0.25, 0.3) is 0 Å². The minimum Gasteiger partial charge on any atom is -0.481 e.